The van der Waals surface area contributed by atoms with Gasteiger partial charge in [0.1, 0.15) is 5.75 Å². The smallest absolute Gasteiger partial charge is 0.229 e. The highest BCUT2D eigenvalue weighted by Gasteiger charge is 2.34. The maximum atomic E-state index is 13.0. The highest BCUT2D eigenvalue weighted by Crippen LogP contribution is 2.32. The summed E-state index contributed by atoms with van der Waals surface area (Å²) >= 11 is 0. The topological polar surface area (TPSA) is 68.2 Å². The van der Waals surface area contributed by atoms with E-state index >= 15 is 0 Å². The molecule has 1 aliphatic heterocycles. The zero-order valence-corrected chi connectivity index (χ0v) is 17.3. The fourth-order valence-corrected chi connectivity index (χ4v) is 3.82. The zero-order valence-electron chi connectivity index (χ0n) is 16.5. The Bertz CT molecular complexity index is 988. The first-order valence-corrected chi connectivity index (χ1v) is 9.39. The van der Waals surface area contributed by atoms with Crippen LogP contribution >= 0.6 is 12.4 Å². The minimum Gasteiger partial charge on any atom is -0.496 e. The van der Waals surface area contributed by atoms with Gasteiger partial charge in [0.05, 0.1) is 19.2 Å². The maximum Gasteiger partial charge on any atom is 0.229 e. The summed E-state index contributed by atoms with van der Waals surface area (Å²) in [5, 5.41) is 10.7. The third-order valence-corrected chi connectivity index (χ3v) is 5.25. The van der Waals surface area contributed by atoms with Gasteiger partial charge in [0.2, 0.25) is 5.91 Å². The summed E-state index contributed by atoms with van der Waals surface area (Å²) in [6.45, 7) is 1.45. The Hall–Kier alpha value is -2.83. The van der Waals surface area contributed by atoms with Crippen molar-refractivity contribution < 1.29 is 9.53 Å². The molecule has 0 spiro atoms. The molecule has 1 saturated heterocycles. The van der Waals surface area contributed by atoms with E-state index in [-0.39, 0.29) is 30.2 Å². The highest BCUT2D eigenvalue weighted by molar-refractivity contribution is 5.94. The van der Waals surface area contributed by atoms with E-state index in [0.29, 0.717) is 6.54 Å². The van der Waals surface area contributed by atoms with Gasteiger partial charge in [-0.15, -0.1) is 12.4 Å². The van der Waals surface area contributed by atoms with Crippen LogP contribution in [0.2, 0.25) is 0 Å². The lowest BCUT2D eigenvalue weighted by atomic mass is 9.90. The number of hydrogen-bond donors (Lipinski definition) is 2. The molecule has 1 amide bonds. The highest BCUT2D eigenvalue weighted by atomic mass is 35.5. The number of aromatic nitrogens is 2. The van der Waals surface area contributed by atoms with Crippen LogP contribution in [0.15, 0.2) is 60.9 Å². The van der Waals surface area contributed by atoms with E-state index in [1.54, 1.807) is 11.8 Å². The van der Waals surface area contributed by atoms with Gasteiger partial charge in [-0.25, -0.2) is 0 Å². The number of methoxy groups -OCH3 is 1. The van der Waals surface area contributed by atoms with E-state index in [4.69, 9.17) is 4.74 Å². The molecule has 1 aliphatic rings. The van der Waals surface area contributed by atoms with Gasteiger partial charge in [-0.1, -0.05) is 30.3 Å². The van der Waals surface area contributed by atoms with Crippen molar-refractivity contribution in [1.82, 2.24) is 15.1 Å². The fourth-order valence-electron chi connectivity index (χ4n) is 3.82. The number of nitrogens with one attached hydrogen (secondary N) is 2. The predicted molar refractivity (Wildman–Crippen MR) is 117 cm³/mol. The quantitative estimate of drug-likeness (QED) is 0.673. The number of hydrogen-bond acceptors (Lipinski definition) is 4. The third-order valence-electron chi connectivity index (χ3n) is 5.25. The van der Waals surface area contributed by atoms with Gasteiger partial charge < -0.3 is 15.4 Å². The van der Waals surface area contributed by atoms with Crippen LogP contribution in [0.1, 0.15) is 11.5 Å². The number of aryl methyl sites for hydroxylation is 1. The lowest BCUT2D eigenvalue weighted by Gasteiger charge is -2.17. The Kier molecular flexibility index (Phi) is 6.56. The summed E-state index contributed by atoms with van der Waals surface area (Å²) in [5.41, 5.74) is 3.88. The number of nitrogens with zero attached hydrogens (tertiary/aromatic N) is 2. The van der Waals surface area contributed by atoms with E-state index < -0.39 is 0 Å². The van der Waals surface area contributed by atoms with Gasteiger partial charge in [-0.05, 0) is 29.3 Å². The van der Waals surface area contributed by atoms with Crippen molar-refractivity contribution in [3.05, 3.63) is 66.5 Å². The second-order valence-corrected chi connectivity index (χ2v) is 7.09. The van der Waals surface area contributed by atoms with Crippen LogP contribution in [-0.2, 0) is 11.8 Å². The minimum atomic E-state index is -0.126. The standard InChI is InChI=1S/C22H24N4O2.ClH/c1-26-14-16(11-24-26)19-12-23-13-20(19)22(27)25-17-7-5-6-15(10-17)18-8-3-4-9-21(18)28-2;/h3-11,14,19-20,23H,12-13H2,1-2H3,(H,25,27);1H/t19-,20+;/m1./s1. The number of halogens is 1. The SMILES string of the molecule is COc1ccccc1-c1cccc(NC(=O)[C@H]2CNC[C@@H]2c2cnn(C)c2)c1.Cl. The molecule has 1 fully saturated rings. The molecule has 2 N–H and O–H groups in total. The van der Waals surface area contributed by atoms with Crippen molar-refractivity contribution in [2.75, 3.05) is 25.5 Å². The number of amides is 1. The number of para-hydroxylation sites is 1. The average Bonchev–Trinajstić information content (AvgIpc) is 3.37. The van der Waals surface area contributed by atoms with Crippen LogP contribution in [0.25, 0.3) is 11.1 Å². The van der Waals surface area contributed by atoms with E-state index in [9.17, 15) is 4.79 Å². The molecule has 0 bridgehead atoms. The van der Waals surface area contributed by atoms with Gasteiger partial charge >= 0.3 is 0 Å². The van der Waals surface area contributed by atoms with Crippen LogP contribution in [0.4, 0.5) is 5.69 Å². The summed E-state index contributed by atoms with van der Waals surface area (Å²) in [6.07, 6.45) is 3.83. The van der Waals surface area contributed by atoms with Crippen molar-refractivity contribution in [2.24, 2.45) is 13.0 Å². The number of carbonyl (C=O) groups is 1. The molecule has 7 heteroatoms. The van der Waals surface area contributed by atoms with E-state index in [2.05, 4.69) is 15.7 Å². The van der Waals surface area contributed by atoms with Crippen molar-refractivity contribution in [1.29, 1.82) is 0 Å². The molecule has 2 aromatic carbocycles. The molecule has 6 nitrogen and oxygen atoms in total. The van der Waals surface area contributed by atoms with E-state index in [1.165, 1.54) is 0 Å². The molecule has 0 radical (unpaired) electrons. The summed E-state index contributed by atoms with van der Waals surface area (Å²) in [7, 11) is 3.56. The van der Waals surface area contributed by atoms with Gasteiger partial charge in [0, 0.05) is 43.5 Å². The van der Waals surface area contributed by atoms with Gasteiger partial charge in [0.25, 0.3) is 0 Å². The predicted octanol–water partition coefficient (Wildman–Crippen LogP) is 3.46. The molecular weight excluding hydrogens is 388 g/mol. The second-order valence-electron chi connectivity index (χ2n) is 7.09. The Labute approximate surface area is 176 Å². The molecule has 152 valence electrons. The summed E-state index contributed by atoms with van der Waals surface area (Å²) in [5.74, 6) is 0.837. The molecule has 4 rings (SSSR count). The van der Waals surface area contributed by atoms with E-state index in [0.717, 1.165) is 34.7 Å². The largest absolute Gasteiger partial charge is 0.496 e. The van der Waals surface area contributed by atoms with Crippen molar-refractivity contribution in [3.63, 3.8) is 0 Å². The molecule has 29 heavy (non-hydrogen) atoms. The minimum absolute atomic E-state index is 0. The first kappa shape index (κ1) is 20.9. The molecular formula is C22H25ClN4O2. The van der Waals surface area contributed by atoms with Crippen molar-refractivity contribution in [2.45, 2.75) is 5.92 Å². The van der Waals surface area contributed by atoms with Crippen LogP contribution < -0.4 is 15.4 Å². The monoisotopic (exact) mass is 412 g/mol. The first-order valence-electron chi connectivity index (χ1n) is 9.39. The Morgan fingerprint density at radius 3 is 2.79 bits per heavy atom. The fraction of sp³-hybridized carbons (Fsp3) is 0.273. The molecule has 1 aromatic heterocycles. The van der Waals surface area contributed by atoms with Gasteiger partial charge in [-0.2, -0.15) is 5.10 Å². The average molecular weight is 413 g/mol. The Morgan fingerprint density at radius 1 is 1.21 bits per heavy atom. The van der Waals surface area contributed by atoms with Crippen LogP contribution in [0.5, 0.6) is 5.75 Å². The lowest BCUT2D eigenvalue weighted by Crippen LogP contribution is -2.28. The second kappa shape index (κ2) is 9.11. The molecule has 3 aromatic rings. The normalized spacial score (nSPS) is 18.1. The molecule has 2 atom stereocenters. The van der Waals surface area contributed by atoms with Crippen LogP contribution in [0.3, 0.4) is 0 Å². The molecule has 2 heterocycles. The van der Waals surface area contributed by atoms with E-state index in [1.807, 2.05) is 68.0 Å². The van der Waals surface area contributed by atoms with Gasteiger partial charge in [0.15, 0.2) is 0 Å². The number of benzene rings is 2. The zero-order chi connectivity index (χ0) is 19.5. The maximum absolute atomic E-state index is 13.0. The van der Waals surface area contributed by atoms with Crippen LogP contribution in [-0.4, -0.2) is 35.9 Å². The Balaban J connectivity index is 0.00000240. The summed E-state index contributed by atoms with van der Waals surface area (Å²) in [6, 6.07) is 15.7. The van der Waals surface area contributed by atoms with Crippen molar-refractivity contribution in [3.8, 4) is 16.9 Å². The molecule has 0 unspecified atom stereocenters. The number of anilines is 1. The first-order chi connectivity index (χ1) is 13.7. The lowest BCUT2D eigenvalue weighted by molar-refractivity contribution is -0.119. The van der Waals surface area contributed by atoms with Crippen LogP contribution in [0, 0.1) is 5.92 Å². The number of carbonyl (C=O) groups excluding carboxylic acids is 1. The third kappa shape index (κ3) is 4.44. The summed E-state index contributed by atoms with van der Waals surface area (Å²) in [4.78, 5) is 13.0. The number of ether oxygens (including phenoxy) is 1. The molecule has 0 aliphatic carbocycles. The molecule has 0 saturated carbocycles. The van der Waals surface area contributed by atoms with Crippen molar-refractivity contribution >= 4 is 24.0 Å². The summed E-state index contributed by atoms with van der Waals surface area (Å²) < 4.78 is 7.24. The Morgan fingerprint density at radius 2 is 2.03 bits per heavy atom. The number of rotatable bonds is 5. The van der Waals surface area contributed by atoms with Gasteiger partial charge in [-0.3, -0.25) is 9.48 Å².